The Morgan fingerprint density at radius 3 is 2.22 bits per heavy atom. The maximum absolute atomic E-state index is 6.28. The molecule has 0 amide bonds. The van der Waals surface area contributed by atoms with Crippen molar-refractivity contribution in [2.45, 2.75) is 77.6 Å². The Morgan fingerprint density at radius 1 is 0.750 bits per heavy atom. The molecule has 1 aliphatic carbocycles. The highest BCUT2D eigenvalue weighted by Crippen LogP contribution is 2.37. The first kappa shape index (κ1) is 22.6. The van der Waals surface area contributed by atoms with Crippen molar-refractivity contribution in [3.63, 3.8) is 0 Å². The zero-order valence-corrected chi connectivity index (χ0v) is 19.6. The number of unbranched alkanes of at least 4 members (excludes halogenated alkanes) is 7. The van der Waals surface area contributed by atoms with Gasteiger partial charge in [-0.2, -0.15) is 0 Å². The molecule has 4 rings (SSSR count). The van der Waals surface area contributed by atoms with Crippen molar-refractivity contribution in [3.05, 3.63) is 72.0 Å². The number of benzene rings is 2. The summed E-state index contributed by atoms with van der Waals surface area (Å²) in [7, 11) is 0. The van der Waals surface area contributed by atoms with Gasteiger partial charge in [-0.3, -0.25) is 0 Å². The Kier molecular flexibility index (Phi) is 8.36. The predicted octanol–water partition coefficient (Wildman–Crippen LogP) is 8.90. The first-order valence-electron chi connectivity index (χ1n) is 12.6. The summed E-state index contributed by atoms with van der Waals surface area (Å²) in [4.78, 5) is 0. The molecule has 0 radical (unpaired) electrons. The molecule has 168 valence electrons. The lowest BCUT2D eigenvalue weighted by atomic mass is 9.98. The lowest BCUT2D eigenvalue weighted by molar-refractivity contribution is 0.304. The first-order valence-corrected chi connectivity index (χ1v) is 12.6. The van der Waals surface area contributed by atoms with E-state index in [0.717, 1.165) is 48.7 Å². The topological polar surface area (TPSA) is 20.5 Å². The van der Waals surface area contributed by atoms with Gasteiger partial charge in [0.1, 0.15) is 5.75 Å². The van der Waals surface area contributed by atoms with Gasteiger partial charge in [0, 0.05) is 5.56 Å². The van der Waals surface area contributed by atoms with Gasteiger partial charge >= 0.3 is 11.5 Å². The molecule has 0 bridgehead atoms. The third-order valence-electron chi connectivity index (χ3n) is 6.49. The van der Waals surface area contributed by atoms with Crippen LogP contribution in [0.4, 0.5) is 0 Å². The summed E-state index contributed by atoms with van der Waals surface area (Å²) < 4.78 is 12.3. The SMILES string of the molecule is CCCCCCCCCCOc1ccc(-c2cc(-c3ccccc3)[o+]c3c2CCC3)cc1. The van der Waals surface area contributed by atoms with Crippen LogP contribution in [-0.4, -0.2) is 6.61 Å². The third-order valence-corrected chi connectivity index (χ3v) is 6.49. The zero-order valence-electron chi connectivity index (χ0n) is 19.6. The molecule has 2 heteroatoms. The lowest BCUT2D eigenvalue weighted by Gasteiger charge is -2.09. The smallest absolute Gasteiger partial charge is 0.360 e. The van der Waals surface area contributed by atoms with Gasteiger partial charge in [-0.1, -0.05) is 82.2 Å². The Hall–Kier alpha value is -2.61. The Balaban J connectivity index is 1.35. The van der Waals surface area contributed by atoms with E-state index in [9.17, 15) is 0 Å². The molecule has 3 aromatic rings. The van der Waals surface area contributed by atoms with Crippen LogP contribution < -0.4 is 4.74 Å². The predicted molar refractivity (Wildman–Crippen MR) is 134 cm³/mol. The minimum atomic E-state index is 0.812. The first-order chi connectivity index (χ1) is 15.8. The third kappa shape index (κ3) is 6.00. The van der Waals surface area contributed by atoms with Crippen LogP contribution in [0.3, 0.4) is 0 Å². The molecule has 1 aliphatic rings. The molecule has 0 saturated heterocycles. The van der Waals surface area contributed by atoms with Gasteiger partial charge in [-0.05, 0) is 49.1 Å². The van der Waals surface area contributed by atoms with Gasteiger partial charge in [0.15, 0.2) is 0 Å². The number of rotatable bonds is 12. The highest BCUT2D eigenvalue weighted by Gasteiger charge is 2.29. The van der Waals surface area contributed by atoms with E-state index in [0.29, 0.717) is 0 Å². The molecule has 0 unspecified atom stereocenters. The summed E-state index contributed by atoms with van der Waals surface area (Å²) in [6.45, 7) is 3.08. The molecule has 0 aliphatic heterocycles. The average molecular weight is 430 g/mol. The van der Waals surface area contributed by atoms with E-state index in [1.54, 1.807) is 0 Å². The van der Waals surface area contributed by atoms with Crippen LogP contribution in [0.2, 0.25) is 0 Å². The maximum atomic E-state index is 6.28. The molecule has 0 atom stereocenters. The molecule has 2 aromatic carbocycles. The van der Waals surface area contributed by atoms with Gasteiger partial charge in [0.2, 0.25) is 0 Å². The molecule has 2 nitrogen and oxygen atoms in total. The number of aryl methyl sites for hydroxylation is 1. The number of fused-ring (bicyclic) bond motifs is 1. The van der Waals surface area contributed by atoms with Crippen molar-refractivity contribution in [1.82, 2.24) is 0 Å². The van der Waals surface area contributed by atoms with Gasteiger partial charge in [0.05, 0.1) is 30.2 Å². The van der Waals surface area contributed by atoms with Crippen LogP contribution in [0.5, 0.6) is 5.75 Å². The second-order valence-electron chi connectivity index (χ2n) is 8.99. The molecule has 1 aromatic heterocycles. The van der Waals surface area contributed by atoms with Gasteiger partial charge in [-0.15, -0.1) is 0 Å². The van der Waals surface area contributed by atoms with E-state index in [-0.39, 0.29) is 0 Å². The molecule has 0 N–H and O–H groups in total. The van der Waals surface area contributed by atoms with Crippen molar-refractivity contribution in [1.29, 1.82) is 0 Å². The Bertz CT molecular complexity index is 960. The average Bonchev–Trinajstić information content (AvgIpc) is 3.32. The van der Waals surface area contributed by atoms with Gasteiger partial charge in [0.25, 0.3) is 0 Å². The molecule has 0 fully saturated rings. The van der Waals surface area contributed by atoms with E-state index in [4.69, 9.17) is 9.15 Å². The van der Waals surface area contributed by atoms with E-state index in [1.165, 1.54) is 68.1 Å². The van der Waals surface area contributed by atoms with Crippen LogP contribution in [0.1, 0.15) is 76.0 Å². The van der Waals surface area contributed by atoms with E-state index in [1.807, 2.05) is 6.07 Å². The van der Waals surface area contributed by atoms with Crippen molar-refractivity contribution in [2.75, 3.05) is 6.61 Å². The van der Waals surface area contributed by atoms with Crippen LogP contribution in [0.15, 0.2) is 65.1 Å². The molecular formula is C30H37O2+. The van der Waals surface area contributed by atoms with Gasteiger partial charge in [-0.25, -0.2) is 4.42 Å². The van der Waals surface area contributed by atoms with Crippen molar-refractivity contribution in [2.24, 2.45) is 0 Å². The quantitative estimate of drug-likeness (QED) is 0.212. The lowest BCUT2D eigenvalue weighted by Crippen LogP contribution is -1.97. The van der Waals surface area contributed by atoms with Crippen molar-refractivity contribution in [3.8, 4) is 28.2 Å². The molecule has 0 spiro atoms. The second-order valence-corrected chi connectivity index (χ2v) is 8.99. The fraction of sp³-hybridized carbons (Fsp3) is 0.433. The van der Waals surface area contributed by atoms with Crippen LogP contribution in [0, 0.1) is 0 Å². The summed E-state index contributed by atoms with van der Waals surface area (Å²) in [5.41, 5.74) is 5.05. The largest absolute Gasteiger partial charge is 0.494 e. The van der Waals surface area contributed by atoms with Crippen LogP contribution in [-0.2, 0) is 12.8 Å². The van der Waals surface area contributed by atoms with Crippen LogP contribution >= 0.6 is 0 Å². The van der Waals surface area contributed by atoms with Crippen molar-refractivity contribution >= 4 is 0 Å². The summed E-state index contributed by atoms with van der Waals surface area (Å²) in [6, 6.07) is 21.3. The summed E-state index contributed by atoms with van der Waals surface area (Å²) in [5.74, 6) is 3.07. The number of hydrogen-bond donors (Lipinski definition) is 0. The Morgan fingerprint density at radius 2 is 1.47 bits per heavy atom. The van der Waals surface area contributed by atoms with E-state index >= 15 is 0 Å². The van der Waals surface area contributed by atoms with Crippen LogP contribution in [0.25, 0.3) is 22.5 Å². The Labute approximate surface area is 193 Å². The maximum Gasteiger partial charge on any atom is 0.360 e. The minimum Gasteiger partial charge on any atom is -0.494 e. The summed E-state index contributed by atoms with van der Waals surface area (Å²) >= 11 is 0. The second kappa shape index (κ2) is 11.9. The number of ether oxygens (including phenoxy) is 1. The number of hydrogen-bond acceptors (Lipinski definition) is 1. The standard InChI is InChI=1S/C30H37O2/c1-2-3-4-5-6-7-8-12-22-31-26-20-18-24(19-21-26)28-23-30(25-14-10-9-11-15-25)32-29-17-13-16-27(28)29/h9-11,14-15,18-21,23H,2-8,12-13,16-17,22H2,1H3/q+1. The van der Waals surface area contributed by atoms with Gasteiger partial charge < -0.3 is 4.74 Å². The normalized spacial score (nSPS) is 12.7. The summed E-state index contributed by atoms with van der Waals surface area (Å²) in [6.07, 6.45) is 13.9. The molecule has 1 heterocycles. The fourth-order valence-electron chi connectivity index (χ4n) is 4.65. The fourth-order valence-corrected chi connectivity index (χ4v) is 4.65. The minimum absolute atomic E-state index is 0.812. The molecule has 32 heavy (non-hydrogen) atoms. The van der Waals surface area contributed by atoms with E-state index in [2.05, 4.69) is 61.5 Å². The zero-order chi connectivity index (χ0) is 22.0. The van der Waals surface area contributed by atoms with Crippen molar-refractivity contribution < 1.29 is 9.15 Å². The molecular weight excluding hydrogens is 392 g/mol. The monoisotopic (exact) mass is 429 g/mol. The highest BCUT2D eigenvalue weighted by molar-refractivity contribution is 5.74. The molecule has 0 saturated carbocycles. The summed E-state index contributed by atoms with van der Waals surface area (Å²) in [5, 5.41) is 0. The highest BCUT2D eigenvalue weighted by atomic mass is 16.5. The van der Waals surface area contributed by atoms with E-state index < -0.39 is 0 Å².